The maximum absolute atomic E-state index is 2.90. The lowest BCUT2D eigenvalue weighted by Gasteiger charge is -2.50. The molecule has 0 radical (unpaired) electrons. The van der Waals surface area contributed by atoms with Crippen molar-refractivity contribution in [3.63, 3.8) is 0 Å². The van der Waals surface area contributed by atoms with E-state index in [1.165, 1.54) is 19.3 Å². The summed E-state index contributed by atoms with van der Waals surface area (Å²) in [5, 5.41) is 0. The van der Waals surface area contributed by atoms with Gasteiger partial charge in [-0.3, -0.25) is 4.90 Å². The van der Waals surface area contributed by atoms with Crippen LogP contribution >= 0.6 is 0 Å². The summed E-state index contributed by atoms with van der Waals surface area (Å²) >= 11 is 0. The van der Waals surface area contributed by atoms with Crippen molar-refractivity contribution in [1.82, 2.24) is 4.90 Å². The van der Waals surface area contributed by atoms with Gasteiger partial charge in [0.2, 0.25) is 0 Å². The Hall–Kier alpha value is -0.0400. The third kappa shape index (κ3) is 2.60. The molecular weight excluding hydrogens is 230 g/mol. The molecule has 1 heteroatoms. The van der Waals surface area contributed by atoms with Crippen LogP contribution < -0.4 is 0 Å². The molecule has 1 nitrogen and oxygen atoms in total. The van der Waals surface area contributed by atoms with Gasteiger partial charge in [-0.2, -0.15) is 0 Å². The Kier molecular flexibility index (Phi) is 3.84. The molecule has 0 N–H and O–H groups in total. The van der Waals surface area contributed by atoms with Crippen LogP contribution in [-0.4, -0.2) is 22.5 Å². The van der Waals surface area contributed by atoms with Gasteiger partial charge < -0.3 is 0 Å². The second-order valence-electron chi connectivity index (χ2n) is 9.08. The van der Waals surface area contributed by atoms with E-state index in [9.17, 15) is 0 Å². The van der Waals surface area contributed by atoms with Crippen molar-refractivity contribution in [3.8, 4) is 0 Å². The standard InChI is InChI=1S/C18H35N/c1-12-9-13(2)16(14(3)10-12)19-15(4)17(5,6)11-18(19,7)8/h12-16H,9-11H2,1-8H3/t12?,13-,14?,15?,16?/m1/s1. The Bertz CT molecular complexity index is 319. The number of hydrogen-bond acceptors (Lipinski definition) is 1. The molecule has 19 heavy (non-hydrogen) atoms. The maximum Gasteiger partial charge on any atom is 0.0165 e. The van der Waals surface area contributed by atoms with Crippen LogP contribution in [0.1, 0.15) is 74.7 Å². The Labute approximate surface area is 121 Å². The quantitative estimate of drug-likeness (QED) is 0.648. The number of nitrogens with zero attached hydrogens (tertiary/aromatic N) is 1. The van der Waals surface area contributed by atoms with E-state index in [1.54, 1.807) is 0 Å². The highest BCUT2D eigenvalue weighted by atomic mass is 15.3. The summed E-state index contributed by atoms with van der Waals surface area (Å²) in [7, 11) is 0. The fraction of sp³-hybridized carbons (Fsp3) is 1.00. The van der Waals surface area contributed by atoms with E-state index in [-0.39, 0.29) is 0 Å². The molecule has 4 unspecified atom stereocenters. The predicted octanol–water partition coefficient (Wildman–Crippen LogP) is 4.96. The van der Waals surface area contributed by atoms with Crippen molar-refractivity contribution in [2.24, 2.45) is 23.2 Å². The number of hydrogen-bond donors (Lipinski definition) is 0. The molecule has 112 valence electrons. The third-order valence-corrected chi connectivity index (χ3v) is 6.17. The number of rotatable bonds is 1. The van der Waals surface area contributed by atoms with Crippen LogP contribution in [0.3, 0.4) is 0 Å². The van der Waals surface area contributed by atoms with E-state index in [0.29, 0.717) is 17.0 Å². The topological polar surface area (TPSA) is 3.24 Å². The second-order valence-corrected chi connectivity index (χ2v) is 9.08. The number of likely N-dealkylation sites (tertiary alicyclic amines) is 1. The zero-order valence-electron chi connectivity index (χ0n) is 14.5. The Morgan fingerprint density at radius 2 is 1.32 bits per heavy atom. The molecule has 0 aromatic carbocycles. The Morgan fingerprint density at radius 1 is 0.842 bits per heavy atom. The van der Waals surface area contributed by atoms with Gasteiger partial charge in [0.15, 0.2) is 0 Å². The molecule has 0 bridgehead atoms. The first-order valence-electron chi connectivity index (χ1n) is 8.34. The normalized spacial score (nSPS) is 46.4. The lowest BCUT2D eigenvalue weighted by atomic mass is 9.72. The minimum absolute atomic E-state index is 0.358. The molecule has 1 heterocycles. The van der Waals surface area contributed by atoms with Crippen molar-refractivity contribution >= 4 is 0 Å². The average Bonchev–Trinajstić information content (AvgIpc) is 2.34. The highest BCUT2D eigenvalue weighted by Crippen LogP contribution is 2.51. The van der Waals surface area contributed by atoms with Crippen molar-refractivity contribution in [2.75, 3.05) is 0 Å². The van der Waals surface area contributed by atoms with E-state index < -0.39 is 0 Å². The van der Waals surface area contributed by atoms with Gasteiger partial charge in [0.05, 0.1) is 0 Å². The molecule has 0 aromatic rings. The van der Waals surface area contributed by atoms with Crippen LogP contribution in [0.2, 0.25) is 0 Å². The first kappa shape index (κ1) is 15.4. The first-order chi connectivity index (χ1) is 8.56. The zero-order valence-corrected chi connectivity index (χ0v) is 14.5. The smallest absolute Gasteiger partial charge is 0.0165 e. The summed E-state index contributed by atoms with van der Waals surface area (Å²) < 4.78 is 0. The summed E-state index contributed by atoms with van der Waals surface area (Å²) in [4.78, 5) is 2.90. The van der Waals surface area contributed by atoms with Gasteiger partial charge in [-0.1, -0.05) is 34.6 Å². The Morgan fingerprint density at radius 3 is 1.68 bits per heavy atom. The third-order valence-electron chi connectivity index (χ3n) is 6.17. The summed E-state index contributed by atoms with van der Waals surface area (Å²) in [5.41, 5.74) is 0.808. The lowest BCUT2D eigenvalue weighted by Crippen LogP contribution is -2.56. The average molecular weight is 265 g/mol. The van der Waals surface area contributed by atoms with Crippen molar-refractivity contribution in [2.45, 2.75) is 92.3 Å². The van der Waals surface area contributed by atoms with E-state index in [0.717, 1.165) is 23.8 Å². The molecule has 1 saturated carbocycles. The van der Waals surface area contributed by atoms with Crippen molar-refractivity contribution in [3.05, 3.63) is 0 Å². The molecule has 2 fully saturated rings. The van der Waals surface area contributed by atoms with Crippen LogP contribution in [0.15, 0.2) is 0 Å². The minimum Gasteiger partial charge on any atom is -0.292 e. The van der Waals surface area contributed by atoms with Crippen LogP contribution in [-0.2, 0) is 0 Å². The monoisotopic (exact) mass is 265 g/mol. The van der Waals surface area contributed by atoms with Gasteiger partial charge in [0.25, 0.3) is 0 Å². The van der Waals surface area contributed by atoms with Crippen LogP contribution in [0.25, 0.3) is 0 Å². The Balaban J connectivity index is 2.29. The fourth-order valence-corrected chi connectivity index (χ4v) is 5.67. The van der Waals surface area contributed by atoms with Gasteiger partial charge in [-0.15, -0.1) is 0 Å². The fourth-order valence-electron chi connectivity index (χ4n) is 5.67. The molecule has 5 atom stereocenters. The predicted molar refractivity (Wildman–Crippen MR) is 84.3 cm³/mol. The summed E-state index contributed by atoms with van der Waals surface area (Å²) in [5.74, 6) is 2.60. The van der Waals surface area contributed by atoms with Crippen molar-refractivity contribution in [1.29, 1.82) is 0 Å². The van der Waals surface area contributed by atoms with Gasteiger partial charge in [0, 0.05) is 17.6 Å². The molecule has 2 rings (SSSR count). The molecule has 0 aromatic heterocycles. The maximum atomic E-state index is 2.90. The van der Waals surface area contributed by atoms with Crippen LogP contribution in [0, 0.1) is 23.2 Å². The van der Waals surface area contributed by atoms with Gasteiger partial charge in [0.1, 0.15) is 0 Å². The molecule has 1 aliphatic heterocycles. The van der Waals surface area contributed by atoms with Gasteiger partial charge in [-0.25, -0.2) is 0 Å². The van der Waals surface area contributed by atoms with Crippen LogP contribution in [0.5, 0.6) is 0 Å². The largest absolute Gasteiger partial charge is 0.292 e. The molecular formula is C18H35N. The zero-order chi connectivity index (χ0) is 14.6. The first-order valence-corrected chi connectivity index (χ1v) is 8.34. The van der Waals surface area contributed by atoms with Gasteiger partial charge >= 0.3 is 0 Å². The summed E-state index contributed by atoms with van der Waals surface area (Å²) in [6, 6.07) is 1.48. The van der Waals surface area contributed by atoms with E-state index in [2.05, 4.69) is 60.3 Å². The van der Waals surface area contributed by atoms with E-state index in [1.807, 2.05) is 0 Å². The van der Waals surface area contributed by atoms with Gasteiger partial charge in [-0.05, 0) is 63.2 Å². The van der Waals surface area contributed by atoms with E-state index in [4.69, 9.17) is 0 Å². The highest BCUT2D eigenvalue weighted by Gasteiger charge is 2.53. The minimum atomic E-state index is 0.358. The van der Waals surface area contributed by atoms with E-state index >= 15 is 0 Å². The molecule has 1 saturated heterocycles. The molecule has 1 aliphatic carbocycles. The van der Waals surface area contributed by atoms with Crippen molar-refractivity contribution < 1.29 is 0 Å². The SMILES string of the molecule is CC1CC(C)C(N2C(C)C(C)(C)CC2(C)C)[C@H](C)C1. The lowest BCUT2D eigenvalue weighted by molar-refractivity contribution is -0.0171. The highest BCUT2D eigenvalue weighted by molar-refractivity contribution is 5.07. The molecule has 0 spiro atoms. The summed E-state index contributed by atoms with van der Waals surface area (Å²) in [6.07, 6.45) is 4.15. The molecule has 2 aliphatic rings. The van der Waals surface area contributed by atoms with Crippen LogP contribution in [0.4, 0.5) is 0 Å². The molecule has 0 amide bonds. The summed E-state index contributed by atoms with van der Waals surface area (Å²) in [6.45, 7) is 19.7. The second kappa shape index (κ2) is 4.76.